The molecule has 0 saturated heterocycles. The van der Waals surface area contributed by atoms with Gasteiger partial charge in [-0.05, 0) is 17.7 Å². The third-order valence-electron chi connectivity index (χ3n) is 3.04. The third-order valence-corrected chi connectivity index (χ3v) is 3.04. The molecule has 2 N–H and O–H groups in total. The van der Waals surface area contributed by atoms with Crippen molar-refractivity contribution in [3.63, 3.8) is 0 Å². The van der Waals surface area contributed by atoms with Crippen molar-refractivity contribution in [2.24, 2.45) is 5.10 Å². The van der Waals surface area contributed by atoms with Crippen molar-refractivity contribution in [2.45, 2.75) is 12.8 Å². The number of hydrogen-bond acceptors (Lipinski definition) is 3. The average molecular weight is 281 g/mol. The molecule has 0 unspecified atom stereocenters. The number of hydrazone groups is 1. The van der Waals surface area contributed by atoms with Crippen LogP contribution in [0.3, 0.4) is 0 Å². The predicted octanol–water partition coefficient (Wildman–Crippen LogP) is 3.00. The van der Waals surface area contributed by atoms with Gasteiger partial charge in [-0.3, -0.25) is 4.79 Å². The van der Waals surface area contributed by atoms with Crippen LogP contribution in [0.1, 0.15) is 18.4 Å². The molecule has 0 fully saturated rings. The van der Waals surface area contributed by atoms with Crippen LogP contribution in [0, 0.1) is 0 Å². The summed E-state index contributed by atoms with van der Waals surface area (Å²) in [6.45, 7) is 2.23. The van der Waals surface area contributed by atoms with Gasteiger partial charge in [0.2, 0.25) is 0 Å². The Labute approximate surface area is 124 Å². The fourth-order valence-electron chi connectivity index (χ4n) is 1.84. The number of hydrogen-bond donors (Lipinski definition) is 2. The van der Waals surface area contributed by atoms with E-state index in [2.05, 4.69) is 15.8 Å². The second kappa shape index (κ2) is 7.85. The maximum absolute atomic E-state index is 11.6. The summed E-state index contributed by atoms with van der Waals surface area (Å²) in [7, 11) is 0. The van der Waals surface area contributed by atoms with Crippen molar-refractivity contribution in [2.75, 3.05) is 11.9 Å². The van der Waals surface area contributed by atoms with Gasteiger partial charge >= 0.3 is 0 Å². The Balaban J connectivity index is 1.75. The molecular weight excluding hydrogens is 262 g/mol. The number of carbonyl (C=O) groups is 1. The second-order valence-corrected chi connectivity index (χ2v) is 4.73. The summed E-state index contributed by atoms with van der Waals surface area (Å²) in [5, 5.41) is 7.02. The van der Waals surface area contributed by atoms with E-state index in [-0.39, 0.29) is 18.4 Å². The van der Waals surface area contributed by atoms with E-state index >= 15 is 0 Å². The highest BCUT2D eigenvalue weighted by Gasteiger charge is 2.02. The summed E-state index contributed by atoms with van der Waals surface area (Å²) >= 11 is 0. The van der Waals surface area contributed by atoms with E-state index in [4.69, 9.17) is 0 Å². The van der Waals surface area contributed by atoms with Gasteiger partial charge in [-0.15, -0.1) is 0 Å². The van der Waals surface area contributed by atoms with Crippen molar-refractivity contribution < 1.29 is 4.79 Å². The van der Waals surface area contributed by atoms with Gasteiger partial charge in [-0.2, -0.15) is 5.10 Å². The monoisotopic (exact) mass is 281 g/mol. The molecule has 21 heavy (non-hydrogen) atoms. The zero-order valence-corrected chi connectivity index (χ0v) is 12.0. The topological polar surface area (TPSA) is 53.5 Å². The molecule has 0 aliphatic rings. The number of nitrogens with one attached hydrogen (secondary N) is 2. The Hall–Kier alpha value is -2.62. The van der Waals surface area contributed by atoms with Crippen LogP contribution in [-0.4, -0.2) is 18.7 Å². The van der Waals surface area contributed by atoms with E-state index < -0.39 is 0 Å². The van der Waals surface area contributed by atoms with Gasteiger partial charge < -0.3 is 5.32 Å². The van der Waals surface area contributed by atoms with Gasteiger partial charge in [0.1, 0.15) is 0 Å². The zero-order valence-electron chi connectivity index (χ0n) is 12.0. The molecule has 0 heterocycles. The molecule has 4 nitrogen and oxygen atoms in total. The molecule has 0 aliphatic carbocycles. The SMILES string of the molecule is C[C@H](/C=N\NC(=O)CNc1ccccc1)c1ccccc1. The fourth-order valence-corrected chi connectivity index (χ4v) is 1.84. The van der Waals surface area contributed by atoms with Crippen LogP contribution < -0.4 is 10.7 Å². The first-order chi connectivity index (χ1) is 10.3. The van der Waals surface area contributed by atoms with Crippen LogP contribution in [-0.2, 0) is 4.79 Å². The van der Waals surface area contributed by atoms with Crippen molar-refractivity contribution >= 4 is 17.8 Å². The van der Waals surface area contributed by atoms with Gasteiger partial charge in [0, 0.05) is 17.8 Å². The molecule has 2 aromatic carbocycles. The predicted molar refractivity (Wildman–Crippen MR) is 86.4 cm³/mol. The molecule has 0 aromatic heterocycles. The minimum absolute atomic E-state index is 0.161. The van der Waals surface area contributed by atoms with Crippen LogP contribution in [0.25, 0.3) is 0 Å². The molecule has 0 radical (unpaired) electrons. The summed E-state index contributed by atoms with van der Waals surface area (Å²) in [5.74, 6) is -0.0102. The minimum atomic E-state index is -0.171. The molecule has 0 spiro atoms. The first-order valence-electron chi connectivity index (χ1n) is 6.91. The smallest absolute Gasteiger partial charge is 0.259 e. The van der Waals surface area contributed by atoms with Gasteiger partial charge in [0.25, 0.3) is 5.91 Å². The number of anilines is 1. The molecule has 0 aliphatic heterocycles. The normalized spacial score (nSPS) is 12.0. The number of amides is 1. The van der Waals surface area contributed by atoms with Crippen LogP contribution in [0.2, 0.25) is 0 Å². The molecule has 1 amide bonds. The average Bonchev–Trinajstić information content (AvgIpc) is 2.54. The number of nitrogens with zero attached hydrogens (tertiary/aromatic N) is 1. The molecule has 0 saturated carbocycles. The summed E-state index contributed by atoms with van der Waals surface area (Å²) in [5.41, 5.74) is 4.60. The van der Waals surface area contributed by atoms with E-state index in [1.807, 2.05) is 67.6 Å². The van der Waals surface area contributed by atoms with Crippen LogP contribution in [0.15, 0.2) is 65.8 Å². The highest BCUT2D eigenvalue weighted by Crippen LogP contribution is 2.11. The molecule has 0 bridgehead atoms. The zero-order chi connectivity index (χ0) is 14.9. The van der Waals surface area contributed by atoms with E-state index in [0.717, 1.165) is 11.3 Å². The Morgan fingerprint density at radius 2 is 1.71 bits per heavy atom. The summed E-state index contributed by atoms with van der Waals surface area (Å²) < 4.78 is 0. The first kappa shape index (κ1) is 14.8. The maximum atomic E-state index is 11.6. The Morgan fingerprint density at radius 3 is 2.38 bits per heavy atom. The van der Waals surface area contributed by atoms with Crippen LogP contribution in [0.4, 0.5) is 5.69 Å². The van der Waals surface area contributed by atoms with Crippen LogP contribution >= 0.6 is 0 Å². The van der Waals surface area contributed by atoms with Crippen molar-refractivity contribution in [3.8, 4) is 0 Å². The molecule has 2 rings (SSSR count). The van der Waals surface area contributed by atoms with E-state index in [1.54, 1.807) is 6.21 Å². The lowest BCUT2D eigenvalue weighted by atomic mass is 10.0. The lowest BCUT2D eigenvalue weighted by Crippen LogP contribution is -2.26. The van der Waals surface area contributed by atoms with Crippen molar-refractivity contribution in [1.29, 1.82) is 0 Å². The molecule has 108 valence electrons. The van der Waals surface area contributed by atoms with Crippen LogP contribution in [0.5, 0.6) is 0 Å². The number of rotatable bonds is 6. The Bertz CT molecular complexity index is 581. The van der Waals surface area contributed by atoms with E-state index in [9.17, 15) is 4.79 Å². The maximum Gasteiger partial charge on any atom is 0.259 e. The Kier molecular flexibility index (Phi) is 5.52. The Morgan fingerprint density at radius 1 is 1.10 bits per heavy atom. The quantitative estimate of drug-likeness (QED) is 0.631. The van der Waals surface area contributed by atoms with E-state index in [1.165, 1.54) is 0 Å². The fraction of sp³-hybridized carbons (Fsp3) is 0.176. The lowest BCUT2D eigenvalue weighted by Gasteiger charge is -2.06. The summed E-state index contributed by atoms with van der Waals surface area (Å²) in [4.78, 5) is 11.6. The number of benzene rings is 2. The molecule has 1 atom stereocenters. The van der Waals surface area contributed by atoms with Gasteiger partial charge in [0.15, 0.2) is 0 Å². The number of carbonyl (C=O) groups excluding carboxylic acids is 1. The summed E-state index contributed by atoms with van der Waals surface area (Å²) in [6, 6.07) is 19.6. The highest BCUT2D eigenvalue weighted by molar-refractivity contribution is 5.81. The highest BCUT2D eigenvalue weighted by atomic mass is 16.2. The minimum Gasteiger partial charge on any atom is -0.376 e. The summed E-state index contributed by atoms with van der Waals surface area (Å²) in [6.07, 6.45) is 1.73. The molecule has 2 aromatic rings. The van der Waals surface area contributed by atoms with Gasteiger partial charge in [-0.25, -0.2) is 5.43 Å². The van der Waals surface area contributed by atoms with Crippen molar-refractivity contribution in [1.82, 2.24) is 5.43 Å². The lowest BCUT2D eigenvalue weighted by molar-refractivity contribution is -0.119. The largest absolute Gasteiger partial charge is 0.376 e. The molecule has 4 heteroatoms. The first-order valence-corrected chi connectivity index (χ1v) is 6.91. The van der Waals surface area contributed by atoms with E-state index in [0.29, 0.717) is 0 Å². The number of para-hydroxylation sites is 1. The molecular formula is C17H19N3O. The second-order valence-electron chi connectivity index (χ2n) is 4.73. The van der Waals surface area contributed by atoms with Gasteiger partial charge in [0.05, 0.1) is 6.54 Å². The standard InChI is InChI=1S/C17H19N3O/c1-14(15-8-4-2-5-9-15)12-19-20-17(21)13-18-16-10-6-3-7-11-16/h2-12,14,18H,13H2,1H3,(H,20,21)/b19-12-/t14-/m1/s1. The van der Waals surface area contributed by atoms with Crippen molar-refractivity contribution in [3.05, 3.63) is 66.2 Å². The third kappa shape index (κ3) is 5.10. The van der Waals surface area contributed by atoms with Gasteiger partial charge in [-0.1, -0.05) is 55.5 Å².